The SMILES string of the molecule is O=C(Cc1ccc(N2C(=O)c3ccccc3C2=O)cc1)NC1CCCCC1. The van der Waals surface area contributed by atoms with Crippen molar-refractivity contribution in [1.82, 2.24) is 5.32 Å². The highest BCUT2D eigenvalue weighted by Crippen LogP contribution is 2.28. The third kappa shape index (κ3) is 3.50. The van der Waals surface area contributed by atoms with Gasteiger partial charge in [0.15, 0.2) is 0 Å². The lowest BCUT2D eigenvalue weighted by molar-refractivity contribution is -0.121. The molecule has 2 aromatic rings. The maximum absolute atomic E-state index is 12.5. The van der Waals surface area contributed by atoms with Crippen molar-refractivity contribution in [3.05, 3.63) is 65.2 Å². The molecule has 1 saturated carbocycles. The van der Waals surface area contributed by atoms with E-state index < -0.39 is 0 Å². The summed E-state index contributed by atoms with van der Waals surface area (Å²) in [6.45, 7) is 0. The number of nitrogens with one attached hydrogen (secondary N) is 1. The Labute approximate surface area is 158 Å². The van der Waals surface area contributed by atoms with Gasteiger partial charge in [0.25, 0.3) is 11.8 Å². The van der Waals surface area contributed by atoms with Gasteiger partial charge in [-0.2, -0.15) is 0 Å². The molecule has 1 aliphatic heterocycles. The largest absolute Gasteiger partial charge is 0.353 e. The molecule has 1 heterocycles. The summed E-state index contributed by atoms with van der Waals surface area (Å²) in [6, 6.07) is 14.2. The molecule has 1 aliphatic carbocycles. The van der Waals surface area contributed by atoms with E-state index in [1.54, 1.807) is 48.5 Å². The fraction of sp³-hybridized carbons (Fsp3) is 0.318. The van der Waals surface area contributed by atoms with Gasteiger partial charge < -0.3 is 5.32 Å². The number of benzene rings is 2. The first-order chi connectivity index (χ1) is 13.1. The van der Waals surface area contributed by atoms with Gasteiger partial charge in [0.2, 0.25) is 5.91 Å². The summed E-state index contributed by atoms with van der Waals surface area (Å²) in [4.78, 5) is 38.5. The zero-order valence-corrected chi connectivity index (χ0v) is 15.1. The molecule has 0 unspecified atom stereocenters. The number of hydrogen-bond donors (Lipinski definition) is 1. The van der Waals surface area contributed by atoms with E-state index >= 15 is 0 Å². The second-order valence-electron chi connectivity index (χ2n) is 7.24. The Bertz CT molecular complexity index is 848. The number of carbonyl (C=O) groups is 3. The highest BCUT2D eigenvalue weighted by atomic mass is 16.2. The first-order valence-corrected chi connectivity index (χ1v) is 9.49. The minimum Gasteiger partial charge on any atom is -0.353 e. The molecular formula is C22H22N2O3. The number of amides is 3. The molecule has 5 nitrogen and oxygen atoms in total. The van der Waals surface area contributed by atoms with E-state index in [2.05, 4.69) is 5.32 Å². The van der Waals surface area contributed by atoms with Gasteiger partial charge in [-0.3, -0.25) is 14.4 Å². The van der Waals surface area contributed by atoms with E-state index in [1.165, 1.54) is 24.2 Å². The molecule has 5 heteroatoms. The van der Waals surface area contributed by atoms with Gasteiger partial charge in [-0.1, -0.05) is 43.5 Å². The molecule has 27 heavy (non-hydrogen) atoms. The fourth-order valence-electron chi connectivity index (χ4n) is 3.90. The topological polar surface area (TPSA) is 66.5 Å². The summed E-state index contributed by atoms with van der Waals surface area (Å²) in [5.41, 5.74) is 2.25. The summed E-state index contributed by atoms with van der Waals surface area (Å²) in [5.74, 6) is -0.591. The van der Waals surface area contributed by atoms with Crippen LogP contribution < -0.4 is 10.2 Å². The molecule has 0 atom stereocenters. The number of nitrogens with zero attached hydrogens (tertiary/aromatic N) is 1. The maximum atomic E-state index is 12.5. The Morgan fingerprint density at radius 3 is 2.07 bits per heavy atom. The zero-order valence-electron chi connectivity index (χ0n) is 15.1. The maximum Gasteiger partial charge on any atom is 0.266 e. The van der Waals surface area contributed by atoms with E-state index in [-0.39, 0.29) is 17.7 Å². The van der Waals surface area contributed by atoms with E-state index in [4.69, 9.17) is 0 Å². The van der Waals surface area contributed by atoms with Gasteiger partial charge >= 0.3 is 0 Å². The molecule has 1 N–H and O–H groups in total. The van der Waals surface area contributed by atoms with E-state index in [1.807, 2.05) is 0 Å². The molecule has 0 spiro atoms. The van der Waals surface area contributed by atoms with Crippen molar-refractivity contribution in [2.24, 2.45) is 0 Å². The van der Waals surface area contributed by atoms with Crippen molar-refractivity contribution in [1.29, 1.82) is 0 Å². The Morgan fingerprint density at radius 1 is 0.889 bits per heavy atom. The predicted octanol–water partition coefficient (Wildman–Crippen LogP) is 3.48. The van der Waals surface area contributed by atoms with E-state index in [0.29, 0.717) is 29.3 Å². The van der Waals surface area contributed by atoms with Crippen molar-refractivity contribution in [2.45, 2.75) is 44.6 Å². The minimum absolute atomic E-state index is 0.0235. The summed E-state index contributed by atoms with van der Waals surface area (Å²) in [7, 11) is 0. The molecule has 0 bridgehead atoms. The number of carbonyl (C=O) groups excluding carboxylic acids is 3. The second kappa shape index (κ2) is 7.35. The molecule has 0 saturated heterocycles. The summed E-state index contributed by atoms with van der Waals surface area (Å²) in [6.07, 6.45) is 6.04. The number of imide groups is 1. The van der Waals surface area contributed by atoms with Crippen molar-refractivity contribution < 1.29 is 14.4 Å². The highest BCUT2D eigenvalue weighted by Gasteiger charge is 2.36. The number of anilines is 1. The summed E-state index contributed by atoms with van der Waals surface area (Å²) < 4.78 is 0. The normalized spacial score (nSPS) is 17.1. The third-order valence-electron chi connectivity index (χ3n) is 5.32. The van der Waals surface area contributed by atoms with E-state index in [9.17, 15) is 14.4 Å². The van der Waals surface area contributed by atoms with Crippen molar-refractivity contribution in [2.75, 3.05) is 4.90 Å². The fourth-order valence-corrected chi connectivity index (χ4v) is 3.90. The van der Waals surface area contributed by atoms with Gasteiger partial charge in [-0.25, -0.2) is 4.90 Å². The second-order valence-corrected chi connectivity index (χ2v) is 7.24. The molecule has 2 aromatic carbocycles. The van der Waals surface area contributed by atoms with Crippen molar-refractivity contribution in [3.8, 4) is 0 Å². The molecule has 4 rings (SSSR count). The van der Waals surface area contributed by atoms with E-state index in [0.717, 1.165) is 18.4 Å². The lowest BCUT2D eigenvalue weighted by Crippen LogP contribution is -2.37. The average Bonchev–Trinajstić information content (AvgIpc) is 2.94. The first-order valence-electron chi connectivity index (χ1n) is 9.49. The van der Waals surface area contributed by atoms with Crippen LogP contribution in [-0.4, -0.2) is 23.8 Å². The smallest absolute Gasteiger partial charge is 0.266 e. The first kappa shape index (κ1) is 17.5. The van der Waals surface area contributed by atoms with Crippen LogP contribution in [0.25, 0.3) is 0 Å². The van der Waals surface area contributed by atoms with Crippen LogP contribution in [0.5, 0.6) is 0 Å². The number of rotatable bonds is 4. The molecule has 1 fully saturated rings. The lowest BCUT2D eigenvalue weighted by Gasteiger charge is -2.22. The highest BCUT2D eigenvalue weighted by molar-refractivity contribution is 6.34. The van der Waals surface area contributed by atoms with Crippen LogP contribution in [0.2, 0.25) is 0 Å². The number of fused-ring (bicyclic) bond motifs is 1. The number of hydrogen-bond acceptors (Lipinski definition) is 3. The molecule has 138 valence electrons. The van der Waals surface area contributed by atoms with Crippen LogP contribution in [-0.2, 0) is 11.2 Å². The van der Waals surface area contributed by atoms with Crippen LogP contribution >= 0.6 is 0 Å². The molecule has 0 aromatic heterocycles. The van der Waals surface area contributed by atoms with Crippen molar-refractivity contribution in [3.63, 3.8) is 0 Å². The summed E-state index contributed by atoms with van der Waals surface area (Å²) in [5, 5.41) is 3.11. The standard InChI is InChI=1S/C22H22N2O3/c25-20(23-16-6-2-1-3-7-16)14-15-10-12-17(13-11-15)24-21(26)18-8-4-5-9-19(18)22(24)27/h4-5,8-13,16H,1-3,6-7,14H2,(H,23,25). The Balaban J connectivity index is 1.43. The molecule has 0 radical (unpaired) electrons. The van der Waals surface area contributed by atoms with Crippen LogP contribution in [0, 0.1) is 0 Å². The van der Waals surface area contributed by atoms with Gasteiger partial charge in [-0.15, -0.1) is 0 Å². The van der Waals surface area contributed by atoms with Gasteiger partial charge in [0, 0.05) is 6.04 Å². The van der Waals surface area contributed by atoms with Gasteiger partial charge in [0.1, 0.15) is 0 Å². The summed E-state index contributed by atoms with van der Waals surface area (Å²) >= 11 is 0. The Kier molecular flexibility index (Phi) is 4.75. The Morgan fingerprint density at radius 2 is 1.48 bits per heavy atom. The van der Waals surface area contributed by atoms with Crippen LogP contribution in [0.4, 0.5) is 5.69 Å². The lowest BCUT2D eigenvalue weighted by atomic mass is 9.95. The molecule has 3 amide bonds. The monoisotopic (exact) mass is 362 g/mol. The van der Waals surface area contributed by atoms with Gasteiger partial charge in [-0.05, 0) is 42.7 Å². The van der Waals surface area contributed by atoms with Crippen LogP contribution in [0.3, 0.4) is 0 Å². The zero-order chi connectivity index (χ0) is 18.8. The quantitative estimate of drug-likeness (QED) is 0.847. The average molecular weight is 362 g/mol. The van der Waals surface area contributed by atoms with Crippen LogP contribution in [0.1, 0.15) is 58.4 Å². The van der Waals surface area contributed by atoms with Gasteiger partial charge in [0.05, 0.1) is 23.2 Å². The van der Waals surface area contributed by atoms with Crippen molar-refractivity contribution >= 4 is 23.4 Å². The predicted molar refractivity (Wildman–Crippen MR) is 103 cm³/mol. The molecular weight excluding hydrogens is 340 g/mol. The Hall–Kier alpha value is -2.95. The molecule has 2 aliphatic rings. The third-order valence-corrected chi connectivity index (χ3v) is 5.32. The van der Waals surface area contributed by atoms with Crippen LogP contribution in [0.15, 0.2) is 48.5 Å². The minimum atomic E-state index is -0.307.